The first-order valence-electron chi connectivity index (χ1n) is 14.5. The Morgan fingerprint density at radius 3 is 2.55 bits per heavy atom. The third kappa shape index (κ3) is 6.78. The van der Waals surface area contributed by atoms with Gasteiger partial charge < -0.3 is 15.2 Å². The standard InChI is InChI=1S/C32H28F4N4O5S2/c1-17-9-28(45-30-24(33)3-2-4-25(30)34)38-15-26(17)40-31(37)23(14-39-40)29(41)20-10-18-12-21(27(46-32(35)36)13-19(18)11-20)16-47(42,43)22-5-7-44-8-6-22/h2-4,9,11-15,22,32H,5-8,10,16,37H2,1H3. The van der Waals surface area contributed by atoms with Gasteiger partial charge in [0.1, 0.15) is 5.82 Å². The number of thioether (sulfide) groups is 1. The molecule has 0 saturated carbocycles. The van der Waals surface area contributed by atoms with Crippen molar-refractivity contribution in [1.29, 1.82) is 0 Å². The van der Waals surface area contributed by atoms with Crippen molar-refractivity contribution in [2.45, 2.75) is 47.8 Å². The number of aromatic nitrogens is 3. The van der Waals surface area contributed by atoms with Gasteiger partial charge in [0.15, 0.2) is 27.3 Å². The maximum Gasteiger partial charge on any atom is 0.288 e. The molecule has 4 aromatic rings. The molecule has 1 aliphatic heterocycles. The Labute approximate surface area is 271 Å². The fourth-order valence-electron chi connectivity index (χ4n) is 5.64. The molecule has 0 amide bonds. The monoisotopic (exact) mass is 688 g/mol. The summed E-state index contributed by atoms with van der Waals surface area (Å²) >= 11 is 0.270. The Morgan fingerprint density at radius 1 is 1.15 bits per heavy atom. The molecule has 2 aromatic carbocycles. The summed E-state index contributed by atoms with van der Waals surface area (Å²) in [4.78, 5) is 17.9. The molecule has 0 bridgehead atoms. The van der Waals surface area contributed by atoms with Gasteiger partial charge in [0, 0.05) is 36.2 Å². The predicted molar refractivity (Wildman–Crippen MR) is 168 cm³/mol. The topological polar surface area (TPSA) is 126 Å². The van der Waals surface area contributed by atoms with Crippen molar-refractivity contribution < 1.29 is 40.2 Å². The number of ether oxygens (including phenoxy) is 2. The molecule has 6 rings (SSSR count). The number of alkyl halides is 2. The van der Waals surface area contributed by atoms with Gasteiger partial charge in [-0.3, -0.25) is 4.79 Å². The average molecular weight is 689 g/mol. The van der Waals surface area contributed by atoms with Crippen molar-refractivity contribution in [2.75, 3.05) is 18.9 Å². The molecule has 9 nitrogen and oxygen atoms in total. The van der Waals surface area contributed by atoms with Crippen LogP contribution in [0.3, 0.4) is 0 Å². The molecule has 15 heteroatoms. The molecule has 1 aliphatic carbocycles. The van der Waals surface area contributed by atoms with Crippen molar-refractivity contribution in [3.8, 4) is 17.3 Å². The SMILES string of the molecule is Cc1cc(Oc2c(F)cccc2F)ncc1-n1ncc(C(=O)C2=Cc3cc(SC(F)F)c(CS(=O)(=O)C4CCOCC4)cc3C2)c1N. The van der Waals surface area contributed by atoms with Crippen LogP contribution in [0.15, 0.2) is 59.3 Å². The minimum atomic E-state index is -3.64. The van der Waals surface area contributed by atoms with Crippen molar-refractivity contribution in [2.24, 2.45) is 0 Å². The Morgan fingerprint density at radius 2 is 1.87 bits per heavy atom. The number of ketones is 1. The van der Waals surface area contributed by atoms with Crippen molar-refractivity contribution in [1.82, 2.24) is 14.8 Å². The highest BCUT2D eigenvalue weighted by molar-refractivity contribution is 7.99. The van der Waals surface area contributed by atoms with Crippen LogP contribution >= 0.6 is 11.8 Å². The number of halogens is 4. The second-order valence-corrected chi connectivity index (χ2v) is 14.5. The van der Waals surface area contributed by atoms with E-state index in [2.05, 4.69) is 10.1 Å². The summed E-state index contributed by atoms with van der Waals surface area (Å²) in [7, 11) is -3.64. The summed E-state index contributed by atoms with van der Waals surface area (Å²) in [5, 5.41) is 3.65. The highest BCUT2D eigenvalue weighted by Crippen LogP contribution is 2.38. The number of para-hydroxylation sites is 1. The van der Waals surface area contributed by atoms with Gasteiger partial charge in [-0.05, 0) is 66.3 Å². The number of nitrogens with zero attached hydrogens (tertiary/aromatic N) is 3. The van der Waals surface area contributed by atoms with Crippen molar-refractivity contribution >= 4 is 39.3 Å². The molecule has 0 radical (unpaired) electrons. The van der Waals surface area contributed by atoms with Gasteiger partial charge in [-0.15, -0.1) is 0 Å². The number of allylic oxidation sites excluding steroid dienone is 1. The van der Waals surface area contributed by atoms with E-state index in [9.17, 15) is 30.8 Å². The van der Waals surface area contributed by atoms with E-state index in [1.165, 1.54) is 35.3 Å². The number of carbonyl (C=O) groups is 1. The Kier molecular flexibility index (Phi) is 9.14. The summed E-state index contributed by atoms with van der Waals surface area (Å²) in [5.74, 6) is -6.06. The third-order valence-corrected chi connectivity index (χ3v) is 11.0. The van der Waals surface area contributed by atoms with E-state index in [0.29, 0.717) is 54.0 Å². The van der Waals surface area contributed by atoms with Gasteiger partial charge in [0.05, 0.1) is 34.6 Å². The number of sulfone groups is 1. The molecule has 47 heavy (non-hydrogen) atoms. The van der Waals surface area contributed by atoms with Gasteiger partial charge in [0.25, 0.3) is 5.76 Å². The number of rotatable bonds is 10. The van der Waals surface area contributed by atoms with E-state index in [-0.39, 0.29) is 45.9 Å². The van der Waals surface area contributed by atoms with Crippen LogP contribution in [0.2, 0.25) is 0 Å². The quantitative estimate of drug-likeness (QED) is 0.114. The lowest BCUT2D eigenvalue weighted by atomic mass is 10.0. The number of nitrogens with two attached hydrogens (primary N) is 1. The lowest BCUT2D eigenvalue weighted by molar-refractivity contribution is 0.0983. The summed E-state index contributed by atoms with van der Waals surface area (Å²) in [5.41, 5.74) is 9.12. The van der Waals surface area contributed by atoms with Crippen LogP contribution in [-0.2, 0) is 26.7 Å². The Bertz CT molecular complexity index is 1990. The maximum atomic E-state index is 14.0. The highest BCUT2D eigenvalue weighted by Gasteiger charge is 2.31. The second-order valence-electron chi connectivity index (χ2n) is 11.1. The van der Waals surface area contributed by atoms with Crippen LogP contribution in [0, 0.1) is 18.6 Å². The van der Waals surface area contributed by atoms with Gasteiger partial charge >= 0.3 is 0 Å². The number of nitrogen functional groups attached to an aromatic ring is 1. The number of anilines is 1. The molecular weight excluding hydrogens is 661 g/mol. The summed E-state index contributed by atoms with van der Waals surface area (Å²) in [6, 6.07) is 7.85. The zero-order valence-electron chi connectivity index (χ0n) is 24.9. The molecule has 2 aliphatic rings. The number of fused-ring (bicyclic) bond motifs is 1. The zero-order valence-corrected chi connectivity index (χ0v) is 26.5. The smallest absolute Gasteiger partial charge is 0.288 e. The van der Waals surface area contributed by atoms with Gasteiger partial charge in [0.2, 0.25) is 11.6 Å². The number of aryl methyl sites for hydroxylation is 1. The lowest BCUT2D eigenvalue weighted by Gasteiger charge is -2.23. The zero-order chi connectivity index (χ0) is 33.5. The molecular formula is C32H28F4N4O5S2. The van der Waals surface area contributed by atoms with Crippen LogP contribution < -0.4 is 10.5 Å². The summed E-state index contributed by atoms with van der Waals surface area (Å²) in [6.45, 7) is 2.33. The number of hydrogen-bond donors (Lipinski definition) is 1. The van der Waals surface area contributed by atoms with E-state index in [1.54, 1.807) is 19.1 Å². The third-order valence-electron chi connectivity index (χ3n) is 8.04. The maximum absolute atomic E-state index is 14.0. The molecule has 0 unspecified atom stereocenters. The van der Waals surface area contributed by atoms with Crippen LogP contribution in [0.4, 0.5) is 23.4 Å². The van der Waals surface area contributed by atoms with Crippen LogP contribution in [0.5, 0.6) is 11.6 Å². The highest BCUT2D eigenvalue weighted by atomic mass is 32.2. The van der Waals surface area contributed by atoms with Gasteiger partial charge in [-0.25, -0.2) is 26.9 Å². The van der Waals surface area contributed by atoms with Gasteiger partial charge in [-0.2, -0.15) is 13.9 Å². The van der Waals surface area contributed by atoms with Crippen molar-refractivity contribution in [3.05, 3.63) is 93.8 Å². The second kappa shape index (κ2) is 13.1. The van der Waals surface area contributed by atoms with E-state index in [0.717, 1.165) is 12.1 Å². The molecule has 0 spiro atoms. The fraction of sp³-hybridized carbons (Fsp3) is 0.281. The van der Waals surface area contributed by atoms with Crippen molar-refractivity contribution in [3.63, 3.8) is 0 Å². The molecule has 1 saturated heterocycles. The molecule has 2 aromatic heterocycles. The van der Waals surface area contributed by atoms with Gasteiger partial charge in [-0.1, -0.05) is 23.9 Å². The number of hydrogen-bond acceptors (Lipinski definition) is 9. The molecule has 246 valence electrons. The Balaban J connectivity index is 1.23. The number of benzene rings is 2. The van der Waals surface area contributed by atoms with E-state index >= 15 is 0 Å². The summed E-state index contributed by atoms with van der Waals surface area (Å²) < 4.78 is 93.3. The predicted octanol–water partition coefficient (Wildman–Crippen LogP) is 6.46. The molecule has 3 heterocycles. The van der Waals surface area contributed by atoms with E-state index < -0.39 is 49.8 Å². The molecule has 1 fully saturated rings. The first-order valence-corrected chi connectivity index (χ1v) is 17.1. The lowest BCUT2D eigenvalue weighted by Crippen LogP contribution is -2.30. The first-order chi connectivity index (χ1) is 22.4. The fourth-order valence-corrected chi connectivity index (χ4v) is 8.22. The molecule has 2 N–H and O–H groups in total. The normalized spacial score (nSPS) is 15.1. The number of Topliss-reactive ketones (excluding diaryl/α,β-unsaturated/α-hetero) is 1. The van der Waals surface area contributed by atoms with Crippen LogP contribution in [0.25, 0.3) is 11.8 Å². The minimum Gasteiger partial charge on any atom is -0.433 e. The number of carbonyl (C=O) groups excluding carboxylic acids is 1. The largest absolute Gasteiger partial charge is 0.433 e. The minimum absolute atomic E-state index is 0.00256. The average Bonchev–Trinajstić information content (AvgIpc) is 3.62. The van der Waals surface area contributed by atoms with Crippen LogP contribution in [0.1, 0.15) is 45.5 Å². The first kappa shape index (κ1) is 32.7. The summed E-state index contributed by atoms with van der Waals surface area (Å²) in [6.07, 6.45) is 5.06. The van der Waals surface area contributed by atoms with E-state index in [4.69, 9.17) is 15.2 Å². The Hall–Kier alpha value is -4.21. The van der Waals surface area contributed by atoms with E-state index in [1.807, 2.05) is 0 Å². The number of pyridine rings is 1. The van der Waals surface area contributed by atoms with Crippen LogP contribution in [-0.4, -0.2) is 53.2 Å². The molecule has 0 atom stereocenters.